The highest BCUT2D eigenvalue weighted by Crippen LogP contribution is 2.22. The van der Waals surface area contributed by atoms with Crippen molar-refractivity contribution in [3.05, 3.63) is 66.7 Å². The fourth-order valence-electron chi connectivity index (χ4n) is 3.11. The Morgan fingerprint density at radius 1 is 0.971 bits per heavy atom. The van der Waals surface area contributed by atoms with Crippen molar-refractivity contribution in [1.82, 2.24) is 10.9 Å². The van der Waals surface area contributed by atoms with E-state index in [1.807, 2.05) is 42.5 Å². The van der Waals surface area contributed by atoms with Gasteiger partial charge in [0.2, 0.25) is 15.9 Å². The number of hydrogen-bond donors (Lipinski definition) is 6. The number of thiol groups is 1. The van der Waals surface area contributed by atoms with Crippen LogP contribution in [0.4, 0.5) is 11.4 Å². The van der Waals surface area contributed by atoms with Gasteiger partial charge in [0.15, 0.2) is 5.11 Å². The van der Waals surface area contributed by atoms with Crippen LogP contribution in [0.1, 0.15) is 12.8 Å². The number of Topliss-reactive ketones (excluding diaryl/α,β-unsaturated/α-hetero) is 1. The highest BCUT2D eigenvalue weighted by molar-refractivity contribution is 7.89. The number of benzene rings is 3. The lowest BCUT2D eigenvalue weighted by atomic mass is 10.1. The van der Waals surface area contributed by atoms with Crippen molar-refractivity contribution in [3.8, 4) is 0 Å². The number of ketones is 1. The molecule has 1 amide bonds. The normalized spacial score (nSPS) is 11.9. The third-order valence-corrected chi connectivity index (χ3v) is 6.09. The summed E-state index contributed by atoms with van der Waals surface area (Å²) in [6.45, 7) is 0. The molecule has 0 spiro atoms. The van der Waals surface area contributed by atoms with Gasteiger partial charge in [-0.1, -0.05) is 36.4 Å². The maximum absolute atomic E-state index is 12.2. The molecule has 9 nitrogen and oxygen atoms in total. The summed E-state index contributed by atoms with van der Waals surface area (Å²) in [6, 6.07) is 19.2. The van der Waals surface area contributed by atoms with Crippen LogP contribution in [0.2, 0.25) is 0 Å². The van der Waals surface area contributed by atoms with Gasteiger partial charge in [-0.3, -0.25) is 20.4 Å². The SMILES string of the molecule is NS(=O)(=O)c1ccc(NC(S)CC(=O)CC(=O)NNC(=S)Nc2cccc3ccccc23)cc1. The highest BCUT2D eigenvalue weighted by atomic mass is 32.2. The Morgan fingerprint density at radius 3 is 2.35 bits per heavy atom. The predicted octanol–water partition coefficient (Wildman–Crippen LogP) is 2.52. The molecule has 178 valence electrons. The van der Waals surface area contributed by atoms with Gasteiger partial charge in [0, 0.05) is 23.2 Å². The van der Waals surface area contributed by atoms with Gasteiger partial charge in [0.25, 0.3) is 0 Å². The Labute approximate surface area is 207 Å². The van der Waals surface area contributed by atoms with Crippen molar-refractivity contribution >= 4 is 73.8 Å². The third-order valence-electron chi connectivity index (χ3n) is 4.65. The van der Waals surface area contributed by atoms with E-state index in [0.29, 0.717) is 5.69 Å². The number of nitrogens with two attached hydrogens (primary N) is 1. The predicted molar refractivity (Wildman–Crippen MR) is 140 cm³/mol. The van der Waals surface area contributed by atoms with Crippen LogP contribution in [-0.4, -0.2) is 30.6 Å². The standard InChI is InChI=1S/C22H23N5O4S3/c23-34(30,31)17-10-8-15(9-11-17)24-21(32)13-16(28)12-20(29)26-27-22(33)25-19-7-3-5-14-4-1-2-6-18(14)19/h1-11,21,24,32H,12-13H2,(H,26,29)(H2,23,30,31)(H2,25,27,33). The molecular formula is C22H23N5O4S3. The number of sulfonamides is 1. The number of thiocarbonyl (C=S) groups is 1. The number of carbonyl (C=O) groups is 2. The first-order chi connectivity index (χ1) is 16.1. The van der Waals surface area contributed by atoms with E-state index < -0.39 is 21.3 Å². The van der Waals surface area contributed by atoms with Crippen molar-refractivity contribution in [2.24, 2.45) is 5.14 Å². The lowest BCUT2D eigenvalue weighted by Gasteiger charge is -2.15. The zero-order valence-corrected chi connectivity index (χ0v) is 20.3. The molecule has 0 aliphatic heterocycles. The second-order valence-electron chi connectivity index (χ2n) is 7.30. The summed E-state index contributed by atoms with van der Waals surface area (Å²) in [7, 11) is -3.78. The monoisotopic (exact) mass is 517 g/mol. The first-order valence-electron chi connectivity index (χ1n) is 10.0. The largest absolute Gasteiger partial charge is 0.373 e. The molecule has 0 aliphatic rings. The van der Waals surface area contributed by atoms with Crippen LogP contribution in [-0.2, 0) is 19.6 Å². The minimum atomic E-state index is -3.78. The van der Waals surface area contributed by atoms with E-state index in [0.717, 1.165) is 16.5 Å². The summed E-state index contributed by atoms with van der Waals surface area (Å²) in [5.74, 6) is -0.897. The smallest absolute Gasteiger partial charge is 0.245 e. The molecule has 0 fully saturated rings. The van der Waals surface area contributed by atoms with E-state index in [4.69, 9.17) is 17.4 Å². The molecule has 0 heterocycles. The molecule has 3 rings (SSSR count). The van der Waals surface area contributed by atoms with Gasteiger partial charge in [-0.05, 0) is 47.9 Å². The zero-order valence-electron chi connectivity index (χ0n) is 17.8. The first-order valence-corrected chi connectivity index (χ1v) is 12.5. The first kappa shape index (κ1) is 25.4. The minimum absolute atomic E-state index is 0.0260. The van der Waals surface area contributed by atoms with Gasteiger partial charge in [-0.2, -0.15) is 12.6 Å². The quantitative estimate of drug-likeness (QED) is 0.0880. The van der Waals surface area contributed by atoms with Crippen LogP contribution >= 0.6 is 24.8 Å². The number of amides is 1. The summed E-state index contributed by atoms with van der Waals surface area (Å²) in [4.78, 5) is 24.3. The van der Waals surface area contributed by atoms with Gasteiger partial charge < -0.3 is 10.6 Å². The third kappa shape index (κ3) is 7.42. The van der Waals surface area contributed by atoms with Crippen LogP contribution in [0.25, 0.3) is 10.8 Å². The second kappa shape index (κ2) is 11.3. The molecule has 0 saturated carbocycles. The van der Waals surface area contributed by atoms with Crippen molar-refractivity contribution in [3.63, 3.8) is 0 Å². The molecule has 3 aromatic carbocycles. The van der Waals surface area contributed by atoms with Crippen LogP contribution in [0.3, 0.4) is 0 Å². The van der Waals surface area contributed by atoms with E-state index >= 15 is 0 Å². The van der Waals surface area contributed by atoms with Gasteiger partial charge in [-0.25, -0.2) is 13.6 Å². The number of primary sulfonamides is 1. The topological polar surface area (TPSA) is 142 Å². The van der Waals surface area contributed by atoms with Crippen molar-refractivity contribution in [1.29, 1.82) is 0 Å². The summed E-state index contributed by atoms with van der Waals surface area (Å²) in [5, 5.41) is 12.6. The molecule has 1 unspecified atom stereocenters. The van der Waals surface area contributed by atoms with E-state index in [1.165, 1.54) is 24.3 Å². The molecule has 0 aromatic heterocycles. The lowest BCUT2D eigenvalue weighted by Crippen LogP contribution is -2.44. The number of fused-ring (bicyclic) bond motifs is 1. The van der Waals surface area contributed by atoms with Gasteiger partial charge in [-0.15, -0.1) is 0 Å². The molecule has 0 aliphatic carbocycles. The average molecular weight is 518 g/mol. The van der Waals surface area contributed by atoms with Crippen molar-refractivity contribution in [2.75, 3.05) is 10.6 Å². The van der Waals surface area contributed by atoms with Gasteiger partial charge >= 0.3 is 0 Å². The van der Waals surface area contributed by atoms with Gasteiger partial charge in [0.05, 0.1) is 16.7 Å². The summed E-state index contributed by atoms with van der Waals surface area (Å²) in [5.41, 5.74) is 6.32. The van der Waals surface area contributed by atoms with Gasteiger partial charge in [0.1, 0.15) is 5.78 Å². The van der Waals surface area contributed by atoms with Crippen LogP contribution in [0.15, 0.2) is 71.6 Å². The van der Waals surface area contributed by atoms with Crippen LogP contribution in [0, 0.1) is 0 Å². The average Bonchev–Trinajstić information content (AvgIpc) is 2.77. The molecule has 12 heteroatoms. The number of anilines is 2. The second-order valence-corrected chi connectivity index (χ2v) is 9.90. The van der Waals surface area contributed by atoms with Crippen molar-refractivity contribution < 1.29 is 18.0 Å². The van der Waals surface area contributed by atoms with Crippen LogP contribution in [0.5, 0.6) is 0 Å². The van der Waals surface area contributed by atoms with E-state index in [-0.39, 0.29) is 28.6 Å². The van der Waals surface area contributed by atoms with Crippen molar-refractivity contribution in [2.45, 2.75) is 23.1 Å². The molecule has 0 radical (unpaired) electrons. The molecule has 0 saturated heterocycles. The highest BCUT2D eigenvalue weighted by Gasteiger charge is 2.15. The Kier molecular flexibility index (Phi) is 8.45. The number of hydrogen-bond acceptors (Lipinski definition) is 7. The number of hydrazine groups is 1. The van der Waals surface area contributed by atoms with E-state index in [1.54, 1.807) is 0 Å². The van der Waals surface area contributed by atoms with Crippen LogP contribution < -0.4 is 26.6 Å². The zero-order chi connectivity index (χ0) is 24.7. The lowest BCUT2D eigenvalue weighted by molar-refractivity contribution is -0.128. The molecule has 6 N–H and O–H groups in total. The molecular weight excluding hydrogens is 494 g/mol. The summed E-state index contributed by atoms with van der Waals surface area (Å²) in [6.07, 6.45) is -0.404. The summed E-state index contributed by atoms with van der Waals surface area (Å²) >= 11 is 9.52. The Morgan fingerprint density at radius 2 is 1.65 bits per heavy atom. The fraction of sp³-hybridized carbons (Fsp3) is 0.136. The number of carbonyl (C=O) groups excluding carboxylic acids is 2. The number of nitrogens with one attached hydrogen (secondary N) is 4. The Balaban J connectivity index is 1.42. The van der Waals surface area contributed by atoms with E-state index in [9.17, 15) is 18.0 Å². The molecule has 0 bridgehead atoms. The minimum Gasteiger partial charge on any atom is -0.373 e. The Bertz CT molecular complexity index is 1310. The summed E-state index contributed by atoms with van der Waals surface area (Å²) < 4.78 is 22.6. The molecule has 1 atom stereocenters. The number of rotatable bonds is 8. The fourth-order valence-corrected chi connectivity index (χ4v) is 4.14. The molecule has 3 aromatic rings. The maximum atomic E-state index is 12.2. The van der Waals surface area contributed by atoms with E-state index in [2.05, 4.69) is 34.1 Å². The maximum Gasteiger partial charge on any atom is 0.245 e. The molecule has 34 heavy (non-hydrogen) atoms. The Hall–Kier alpha value is -3.19.